The van der Waals surface area contributed by atoms with Crippen LogP contribution in [0.3, 0.4) is 0 Å². The summed E-state index contributed by atoms with van der Waals surface area (Å²) in [6, 6.07) is 8.04. The Balaban J connectivity index is 2.44. The van der Waals surface area contributed by atoms with Gasteiger partial charge in [-0.25, -0.2) is 4.98 Å². The minimum Gasteiger partial charge on any atom is -0.235 e. The van der Waals surface area contributed by atoms with Crippen molar-refractivity contribution in [2.24, 2.45) is 0 Å². The molecule has 1 heterocycles. The van der Waals surface area contributed by atoms with E-state index in [4.69, 9.17) is 11.6 Å². The molecule has 0 fully saturated rings. The van der Waals surface area contributed by atoms with E-state index in [1.165, 1.54) is 0 Å². The number of hydrogen-bond donors (Lipinski definition) is 0. The van der Waals surface area contributed by atoms with E-state index < -0.39 is 0 Å². The van der Waals surface area contributed by atoms with E-state index in [1.807, 2.05) is 48.6 Å². The van der Waals surface area contributed by atoms with Crippen molar-refractivity contribution in [2.75, 3.05) is 0 Å². The number of fused-ring (bicyclic) bond motifs is 3. The highest BCUT2D eigenvalue weighted by molar-refractivity contribution is 6.31. The highest BCUT2D eigenvalue weighted by atomic mass is 35.5. The fourth-order valence-electron chi connectivity index (χ4n) is 1.99. The molecule has 1 aromatic carbocycles. The molecule has 1 aliphatic carbocycles. The van der Waals surface area contributed by atoms with Crippen molar-refractivity contribution in [3.8, 4) is 0 Å². The van der Waals surface area contributed by atoms with Gasteiger partial charge in [-0.3, -0.25) is 0 Å². The number of hydrogen-bond acceptors (Lipinski definition) is 1. The molecule has 3 rings (SSSR count). The van der Waals surface area contributed by atoms with E-state index in [-0.39, 0.29) is 0 Å². The second-order valence-electron chi connectivity index (χ2n) is 3.85. The zero-order chi connectivity index (χ0) is 11.7. The number of benzene rings is 1. The van der Waals surface area contributed by atoms with E-state index in [2.05, 4.69) is 17.1 Å². The van der Waals surface area contributed by atoms with Crippen LogP contribution in [0.4, 0.5) is 0 Å². The summed E-state index contributed by atoms with van der Waals surface area (Å²) in [7, 11) is 0. The summed E-state index contributed by atoms with van der Waals surface area (Å²) in [6.07, 6.45) is 12.0. The van der Waals surface area contributed by atoms with Crippen LogP contribution in [0.25, 0.3) is 23.1 Å². The highest BCUT2D eigenvalue weighted by Gasteiger charge is 2.09. The van der Waals surface area contributed by atoms with E-state index in [9.17, 15) is 0 Å². The molecule has 1 aromatic heterocycles. The zero-order valence-electron chi connectivity index (χ0n) is 9.10. The molecule has 0 saturated heterocycles. The second kappa shape index (κ2) is 4.19. The van der Waals surface area contributed by atoms with Gasteiger partial charge in [-0.1, -0.05) is 66.3 Å². The molecule has 2 aromatic rings. The normalized spacial score (nSPS) is 17.2. The third-order valence-electron chi connectivity index (χ3n) is 2.78. The van der Waals surface area contributed by atoms with Gasteiger partial charge in [0, 0.05) is 10.9 Å². The van der Waals surface area contributed by atoms with Crippen molar-refractivity contribution in [3.63, 3.8) is 0 Å². The van der Waals surface area contributed by atoms with E-state index in [0.29, 0.717) is 5.15 Å². The first-order valence-electron chi connectivity index (χ1n) is 5.46. The maximum Gasteiger partial charge on any atom is 0.137 e. The van der Waals surface area contributed by atoms with Crippen LogP contribution in [0.5, 0.6) is 0 Å². The minimum atomic E-state index is 0.551. The first kappa shape index (κ1) is 10.3. The molecule has 2 heteroatoms. The van der Waals surface area contributed by atoms with E-state index in [0.717, 1.165) is 22.0 Å². The molecule has 0 N–H and O–H groups in total. The smallest absolute Gasteiger partial charge is 0.137 e. The first-order chi connectivity index (χ1) is 8.36. The van der Waals surface area contributed by atoms with Crippen LogP contribution in [0, 0.1) is 0 Å². The molecule has 1 aliphatic rings. The Morgan fingerprint density at radius 1 is 0.824 bits per heavy atom. The lowest BCUT2D eigenvalue weighted by molar-refractivity contribution is 1.39. The van der Waals surface area contributed by atoms with Crippen molar-refractivity contribution in [1.82, 2.24) is 4.98 Å². The number of aromatic nitrogens is 1. The lowest BCUT2D eigenvalue weighted by Crippen LogP contribution is -1.91. The molecule has 0 spiro atoms. The topological polar surface area (TPSA) is 12.9 Å². The minimum absolute atomic E-state index is 0.551. The summed E-state index contributed by atoms with van der Waals surface area (Å²) in [5.74, 6) is 0. The van der Waals surface area contributed by atoms with Crippen molar-refractivity contribution < 1.29 is 0 Å². The SMILES string of the molecule is Clc1nc2ccccc2c2c1/C=C\C=C/C=C2. The monoisotopic (exact) mass is 239 g/mol. The zero-order valence-corrected chi connectivity index (χ0v) is 9.85. The van der Waals surface area contributed by atoms with Crippen molar-refractivity contribution in [1.29, 1.82) is 0 Å². The Labute approximate surface area is 105 Å². The van der Waals surface area contributed by atoms with Crippen molar-refractivity contribution >= 4 is 34.7 Å². The maximum atomic E-state index is 6.23. The summed E-state index contributed by atoms with van der Waals surface area (Å²) in [5.41, 5.74) is 3.03. The Hall–Kier alpha value is -1.86. The van der Waals surface area contributed by atoms with Gasteiger partial charge >= 0.3 is 0 Å². The average molecular weight is 240 g/mol. The Morgan fingerprint density at radius 3 is 2.35 bits per heavy atom. The summed E-state index contributed by atoms with van der Waals surface area (Å²) >= 11 is 6.23. The predicted octanol–water partition coefficient (Wildman–Crippen LogP) is 4.48. The molecule has 0 amide bonds. The van der Waals surface area contributed by atoms with Crippen LogP contribution in [0.2, 0.25) is 5.15 Å². The van der Waals surface area contributed by atoms with Crippen LogP contribution in [0.1, 0.15) is 11.1 Å². The molecule has 0 saturated carbocycles. The second-order valence-corrected chi connectivity index (χ2v) is 4.21. The van der Waals surface area contributed by atoms with Gasteiger partial charge in [-0.2, -0.15) is 0 Å². The number of allylic oxidation sites excluding steroid dienone is 4. The molecule has 0 aliphatic heterocycles. The fourth-order valence-corrected chi connectivity index (χ4v) is 2.25. The number of pyridine rings is 1. The van der Waals surface area contributed by atoms with Gasteiger partial charge in [0.15, 0.2) is 0 Å². The molecule has 1 nitrogen and oxygen atoms in total. The van der Waals surface area contributed by atoms with Crippen LogP contribution < -0.4 is 0 Å². The largest absolute Gasteiger partial charge is 0.235 e. The van der Waals surface area contributed by atoms with Crippen LogP contribution >= 0.6 is 11.6 Å². The number of halogens is 1. The van der Waals surface area contributed by atoms with Crippen LogP contribution in [0.15, 0.2) is 48.6 Å². The number of para-hydroxylation sites is 1. The molecule has 17 heavy (non-hydrogen) atoms. The highest BCUT2D eigenvalue weighted by Crippen LogP contribution is 2.29. The van der Waals surface area contributed by atoms with Gasteiger partial charge < -0.3 is 0 Å². The Bertz CT molecular complexity index is 666. The first-order valence-corrected chi connectivity index (χ1v) is 5.84. The van der Waals surface area contributed by atoms with Gasteiger partial charge in [0.25, 0.3) is 0 Å². The summed E-state index contributed by atoms with van der Waals surface area (Å²) < 4.78 is 0. The van der Waals surface area contributed by atoms with Gasteiger partial charge in [-0.05, 0) is 11.6 Å². The quantitative estimate of drug-likeness (QED) is 0.618. The Kier molecular flexibility index (Phi) is 2.54. The van der Waals surface area contributed by atoms with Gasteiger partial charge in [-0.15, -0.1) is 0 Å². The Morgan fingerprint density at radius 2 is 1.53 bits per heavy atom. The molecular formula is C15H10ClN. The molecule has 0 radical (unpaired) electrons. The molecular weight excluding hydrogens is 230 g/mol. The van der Waals surface area contributed by atoms with Crippen LogP contribution in [-0.4, -0.2) is 4.98 Å². The summed E-state index contributed by atoms with van der Waals surface area (Å²) in [6.45, 7) is 0. The fraction of sp³-hybridized carbons (Fsp3) is 0. The molecule has 0 unspecified atom stereocenters. The van der Waals surface area contributed by atoms with Gasteiger partial charge in [0.2, 0.25) is 0 Å². The van der Waals surface area contributed by atoms with E-state index in [1.54, 1.807) is 0 Å². The molecule has 0 bridgehead atoms. The van der Waals surface area contributed by atoms with Gasteiger partial charge in [0.05, 0.1) is 5.52 Å². The van der Waals surface area contributed by atoms with Gasteiger partial charge in [0.1, 0.15) is 5.15 Å². The standard InChI is InChI=1S/C15H10ClN/c16-15-13-9-4-2-1-3-7-11(13)12-8-5-6-10-14(12)17-15/h1-10H/b2-1-,3-1?,4-2?,7-3?,9-4-,11-7?,13-9?. The third kappa shape index (κ3) is 1.79. The maximum absolute atomic E-state index is 6.23. The summed E-state index contributed by atoms with van der Waals surface area (Å²) in [4.78, 5) is 4.42. The van der Waals surface area contributed by atoms with E-state index >= 15 is 0 Å². The predicted molar refractivity (Wildman–Crippen MR) is 74.0 cm³/mol. The molecule has 82 valence electrons. The lowest BCUT2D eigenvalue weighted by Gasteiger charge is -2.09. The molecule has 0 atom stereocenters. The van der Waals surface area contributed by atoms with Crippen molar-refractivity contribution in [2.45, 2.75) is 0 Å². The lowest BCUT2D eigenvalue weighted by atomic mass is 10.0. The average Bonchev–Trinajstić information content (AvgIpc) is 2.29. The number of nitrogens with zero attached hydrogens (tertiary/aromatic N) is 1. The number of rotatable bonds is 0. The third-order valence-corrected chi connectivity index (χ3v) is 3.07. The summed E-state index contributed by atoms with van der Waals surface area (Å²) in [5, 5.41) is 1.68. The van der Waals surface area contributed by atoms with Crippen LogP contribution in [-0.2, 0) is 0 Å². The van der Waals surface area contributed by atoms with Crippen molar-refractivity contribution in [3.05, 3.63) is 64.8 Å².